The molecule has 21 rings (SSSR count). The summed E-state index contributed by atoms with van der Waals surface area (Å²) in [6.07, 6.45) is 11.3. The predicted molar refractivity (Wildman–Crippen MR) is 440 cm³/mol. The van der Waals surface area contributed by atoms with E-state index in [2.05, 4.69) is 159 Å². The van der Waals surface area contributed by atoms with Crippen molar-refractivity contribution < 1.29 is 38.2 Å². The van der Waals surface area contributed by atoms with Crippen LogP contribution >= 0.6 is 0 Å². The normalized spacial score (nSPS) is 14.6. The third kappa shape index (κ3) is 8.42. The third-order valence-electron chi connectivity index (χ3n) is 23.9. The van der Waals surface area contributed by atoms with E-state index in [1.54, 1.807) is 24.3 Å². The molecule has 0 fully saturated rings. The van der Waals surface area contributed by atoms with Crippen LogP contribution in [0.4, 0.5) is 11.4 Å². The van der Waals surface area contributed by atoms with Gasteiger partial charge in [-0.1, -0.05) is 166 Å². The van der Waals surface area contributed by atoms with E-state index in [0.29, 0.717) is 55.9 Å². The molecule has 0 spiro atoms. The van der Waals surface area contributed by atoms with Crippen LogP contribution in [0.5, 0.6) is 11.5 Å². The summed E-state index contributed by atoms with van der Waals surface area (Å²) < 4.78 is 11.3. The van der Waals surface area contributed by atoms with Gasteiger partial charge in [0.2, 0.25) is 0 Å². The number of imide groups is 2. The number of ether oxygens (including phenoxy) is 2. The molecule has 0 saturated carbocycles. The molecule has 4 amide bonds. The van der Waals surface area contributed by atoms with Crippen molar-refractivity contribution in [2.24, 2.45) is 0 Å². The summed E-state index contributed by atoms with van der Waals surface area (Å²) in [6.45, 7) is 23.2. The van der Waals surface area contributed by atoms with E-state index in [0.717, 1.165) is 143 Å². The van der Waals surface area contributed by atoms with Crippen LogP contribution in [0.3, 0.4) is 0 Å². The molecular formula is C98H66N2O8. The maximum Gasteiger partial charge on any atom is 0.335 e. The number of carbonyl (C=O) groups excluding carboxylic acids is 6. The summed E-state index contributed by atoms with van der Waals surface area (Å²) in [5, 5.41) is 20.7. The minimum atomic E-state index is -0.588. The molecule has 2 heterocycles. The van der Waals surface area contributed by atoms with Gasteiger partial charge in [0.1, 0.15) is 11.5 Å². The molecule has 0 radical (unpaired) electrons. The maximum atomic E-state index is 15.2. The fraction of sp³-hybridized carbons (Fsp3) is 0.122. The van der Waals surface area contributed by atoms with Crippen molar-refractivity contribution in [1.82, 2.24) is 0 Å². The number of benzene rings is 16. The van der Waals surface area contributed by atoms with Gasteiger partial charge in [-0.3, -0.25) is 19.2 Å². The lowest BCUT2D eigenvalue weighted by atomic mass is 9.83. The minimum Gasteiger partial charge on any atom is -0.423 e. The zero-order chi connectivity index (χ0) is 73.8. The van der Waals surface area contributed by atoms with E-state index in [1.807, 2.05) is 79.7 Å². The molecule has 16 aromatic carbocycles. The van der Waals surface area contributed by atoms with Gasteiger partial charge in [0.15, 0.2) is 0 Å². The van der Waals surface area contributed by atoms with Gasteiger partial charge in [-0.15, -0.1) is 0 Å². The fourth-order valence-corrected chi connectivity index (χ4v) is 19.1. The number of anilines is 2. The van der Waals surface area contributed by atoms with E-state index in [9.17, 15) is 9.59 Å². The van der Waals surface area contributed by atoms with Gasteiger partial charge in [-0.25, -0.2) is 19.4 Å². The SMILES string of the molecule is C=CC(=O)Oc1cc(C(C)C)c(N2C(=O)c3ccc4c5ccc6c7c(ccc(c8ccc(c3c48)C2=O)c75)-c2cc3cc4c(cc3cc2-6)/C=C\c2cc3cc5c(cc3cc2/C=C\4)-c2ccc3c4ccc6c7c(ccc(c8ccc-5c2c83)c74)C(=O)N(c2c(C(C)C)cc(OC(=O)C=C)cc2C(C)C)C6=O)c(C(C)C)c1. The van der Waals surface area contributed by atoms with Gasteiger partial charge in [-0.05, 0) is 307 Å². The number of amides is 4. The van der Waals surface area contributed by atoms with E-state index >= 15 is 19.2 Å². The Morgan fingerprint density at radius 2 is 0.500 bits per heavy atom. The molecule has 0 N–H and O–H groups in total. The monoisotopic (exact) mass is 1400 g/mol. The second-order valence-electron chi connectivity index (χ2n) is 31.1. The Balaban J connectivity index is 0.616. The Morgan fingerprint density at radius 3 is 0.713 bits per heavy atom. The smallest absolute Gasteiger partial charge is 0.335 e. The number of rotatable bonds is 10. The van der Waals surface area contributed by atoms with Gasteiger partial charge in [-0.2, -0.15) is 0 Å². The Labute approximate surface area is 620 Å². The Hall–Kier alpha value is -13.2. The molecule has 0 aromatic heterocycles. The highest BCUT2D eigenvalue weighted by Crippen LogP contribution is 2.58. The van der Waals surface area contributed by atoms with Crippen LogP contribution < -0.4 is 19.3 Å². The van der Waals surface area contributed by atoms with Gasteiger partial charge < -0.3 is 9.47 Å². The summed E-state index contributed by atoms with van der Waals surface area (Å²) >= 11 is 0. The number of nitrogens with zero attached hydrogens (tertiary/aromatic N) is 2. The van der Waals surface area contributed by atoms with Crippen molar-refractivity contribution in [3.05, 3.63) is 262 Å². The van der Waals surface area contributed by atoms with Crippen LogP contribution in [0.1, 0.15) is 165 Å². The number of carbonyl (C=O) groups is 6. The molecule has 5 aliphatic rings. The van der Waals surface area contributed by atoms with Crippen LogP contribution in [-0.4, -0.2) is 35.6 Å². The first-order valence-corrected chi connectivity index (χ1v) is 37.1. The Kier molecular flexibility index (Phi) is 13.0. The van der Waals surface area contributed by atoms with Crippen LogP contribution in [0.25, 0.3) is 177 Å². The second kappa shape index (κ2) is 22.2. The highest BCUT2D eigenvalue weighted by Gasteiger charge is 2.42. The molecule has 0 saturated heterocycles. The fourth-order valence-electron chi connectivity index (χ4n) is 19.1. The molecular weight excluding hydrogens is 1330 g/mol. The topological polar surface area (TPSA) is 127 Å². The first-order valence-electron chi connectivity index (χ1n) is 37.1. The van der Waals surface area contributed by atoms with Crippen molar-refractivity contribution >= 4 is 179 Å². The average Bonchev–Trinajstić information content (AvgIpc) is 1.34. The van der Waals surface area contributed by atoms with Crippen molar-refractivity contribution in [3.63, 3.8) is 0 Å². The van der Waals surface area contributed by atoms with E-state index in [1.165, 1.54) is 65.1 Å². The van der Waals surface area contributed by atoms with Gasteiger partial charge in [0.05, 0.1) is 11.4 Å². The summed E-state index contributed by atoms with van der Waals surface area (Å²) in [7, 11) is 0. The highest BCUT2D eigenvalue weighted by atomic mass is 16.5. The lowest BCUT2D eigenvalue weighted by molar-refractivity contribution is -0.129. The van der Waals surface area contributed by atoms with E-state index < -0.39 is 11.9 Å². The van der Waals surface area contributed by atoms with E-state index in [-0.39, 0.29) is 47.3 Å². The van der Waals surface area contributed by atoms with Crippen LogP contribution in [0, 0.1) is 0 Å². The molecule has 10 heteroatoms. The highest BCUT2D eigenvalue weighted by molar-refractivity contribution is 6.46. The zero-order valence-corrected chi connectivity index (χ0v) is 60.5. The number of esters is 2. The van der Waals surface area contributed by atoms with Crippen molar-refractivity contribution in [2.75, 3.05) is 9.80 Å². The molecule has 0 unspecified atom stereocenters. The summed E-state index contributed by atoms with van der Waals surface area (Å²) in [5.74, 6) is -2.54. The van der Waals surface area contributed by atoms with Gasteiger partial charge in [0, 0.05) is 45.2 Å². The lowest BCUT2D eigenvalue weighted by Crippen LogP contribution is -2.41. The predicted octanol–water partition coefficient (Wildman–Crippen LogP) is 24.3. The second-order valence-corrected chi connectivity index (χ2v) is 31.1. The third-order valence-corrected chi connectivity index (χ3v) is 23.9. The average molecular weight is 1400 g/mol. The van der Waals surface area contributed by atoms with Gasteiger partial charge in [0.25, 0.3) is 23.6 Å². The quantitative estimate of drug-likeness (QED) is 0.0331. The van der Waals surface area contributed by atoms with Crippen LogP contribution in [-0.2, 0) is 9.59 Å². The standard InChI is InChI=1S/C98H66N2O8/c1-11-83(101)107-57-41-75(45(3)4)93(76(42-57)46(5)6)99-95(103)71-29-25-63-59-17-21-67-79-37-53-33-49-13-15-51-35-55-39-81-69-23-19-61-65-27-31-73-92-74(98(106)100(97(73)105)94-77(47(7)8)43-58(108-84(102)12-2)44-78(94)48(9)10)32-28-66(88(65)92)62-20-24-70(90(69)86(61)62)82(81)40-56(55)36-52(51)16-14-50(49)34-54(53)38-80(79)68-22-18-60(85(59)89(67)68)64-26-30-72(96(99)104)91(71)87(63)64/h11-48H,1-2H2,3-10H3/b15-13-,16-14-,49-13?,50-14?,51-15?,52-16?. The maximum absolute atomic E-state index is 15.2. The van der Waals surface area contributed by atoms with Crippen molar-refractivity contribution in [2.45, 2.75) is 79.1 Å². The number of fused-ring (bicyclic) bond motifs is 14. The number of hydrogen-bond donors (Lipinski definition) is 0. The zero-order valence-electron chi connectivity index (χ0n) is 60.5. The van der Waals surface area contributed by atoms with Crippen LogP contribution in [0.2, 0.25) is 0 Å². The molecule has 0 bridgehead atoms. The molecule has 16 aromatic rings. The minimum absolute atomic E-state index is 0.122. The Morgan fingerprint density at radius 1 is 0.287 bits per heavy atom. The Bertz CT molecular complexity index is 6380. The first-order chi connectivity index (χ1) is 52.2. The number of hydrogen-bond acceptors (Lipinski definition) is 8. The summed E-state index contributed by atoms with van der Waals surface area (Å²) in [6, 6.07) is 59.6. The largest absolute Gasteiger partial charge is 0.423 e. The lowest BCUT2D eigenvalue weighted by Gasteiger charge is -2.33. The molecule has 0 atom stereocenters. The molecule has 3 aliphatic carbocycles. The molecule has 10 nitrogen and oxygen atoms in total. The van der Waals surface area contributed by atoms with Gasteiger partial charge >= 0.3 is 11.9 Å². The first kappa shape index (κ1) is 63.3. The summed E-state index contributed by atoms with van der Waals surface area (Å²) in [4.78, 5) is 88.4. The molecule has 108 heavy (non-hydrogen) atoms. The van der Waals surface area contributed by atoms with E-state index in [4.69, 9.17) is 9.47 Å². The van der Waals surface area contributed by atoms with Crippen LogP contribution in [0.15, 0.2) is 195 Å². The van der Waals surface area contributed by atoms with Crippen molar-refractivity contribution in [1.29, 1.82) is 0 Å². The molecule has 2 aliphatic heterocycles. The summed E-state index contributed by atoms with van der Waals surface area (Å²) in [5.41, 5.74) is 19.8. The van der Waals surface area contributed by atoms with Crippen molar-refractivity contribution in [3.8, 4) is 56.0 Å². The molecule has 516 valence electrons.